The summed E-state index contributed by atoms with van der Waals surface area (Å²) in [5, 5.41) is 8.92. The summed E-state index contributed by atoms with van der Waals surface area (Å²) in [5.41, 5.74) is 0.974. The van der Waals surface area contributed by atoms with Crippen molar-refractivity contribution < 1.29 is 14.7 Å². The van der Waals surface area contributed by atoms with E-state index in [2.05, 4.69) is 6.92 Å². The summed E-state index contributed by atoms with van der Waals surface area (Å²) in [5.74, 6) is -0.911. The van der Waals surface area contributed by atoms with Crippen molar-refractivity contribution in [3.05, 3.63) is 35.4 Å². The Bertz CT molecular complexity index is 443. The molecular formula is C15H21NO3. The number of amides is 1. The van der Waals surface area contributed by atoms with E-state index in [1.165, 1.54) is 6.07 Å². The topological polar surface area (TPSA) is 57.6 Å². The van der Waals surface area contributed by atoms with Crippen LogP contribution in [0.15, 0.2) is 24.3 Å². The number of carboxylic acid groups (broad SMARTS) is 1. The average Bonchev–Trinajstić information content (AvgIpc) is 2.40. The molecule has 0 saturated carbocycles. The highest BCUT2D eigenvalue weighted by Crippen LogP contribution is 2.08. The molecule has 1 amide bonds. The molecular weight excluding hydrogens is 242 g/mol. The maximum atomic E-state index is 12.1. The summed E-state index contributed by atoms with van der Waals surface area (Å²) in [7, 11) is 0. The Morgan fingerprint density at radius 2 is 2.00 bits per heavy atom. The summed E-state index contributed by atoms with van der Waals surface area (Å²) < 4.78 is 0. The van der Waals surface area contributed by atoms with Crippen molar-refractivity contribution >= 4 is 11.9 Å². The van der Waals surface area contributed by atoms with Gasteiger partial charge in [-0.3, -0.25) is 4.79 Å². The van der Waals surface area contributed by atoms with E-state index in [9.17, 15) is 9.59 Å². The standard InChI is InChI=1S/C15H21NO3/c1-3-5-9-16(4-2)14(17)11-12-7-6-8-13(10-12)15(18)19/h6-8,10H,3-5,9,11H2,1-2H3,(H,18,19). The van der Waals surface area contributed by atoms with Crippen molar-refractivity contribution in [3.8, 4) is 0 Å². The van der Waals surface area contributed by atoms with Gasteiger partial charge in [0.15, 0.2) is 0 Å². The molecule has 0 unspecified atom stereocenters. The molecule has 4 nitrogen and oxygen atoms in total. The molecule has 19 heavy (non-hydrogen) atoms. The van der Waals surface area contributed by atoms with Crippen molar-refractivity contribution in [2.24, 2.45) is 0 Å². The molecule has 1 rings (SSSR count). The van der Waals surface area contributed by atoms with Gasteiger partial charge in [-0.15, -0.1) is 0 Å². The van der Waals surface area contributed by atoms with Gasteiger partial charge in [-0.2, -0.15) is 0 Å². The molecule has 0 fully saturated rings. The van der Waals surface area contributed by atoms with E-state index in [1.54, 1.807) is 18.2 Å². The lowest BCUT2D eigenvalue weighted by atomic mass is 10.1. The lowest BCUT2D eigenvalue weighted by Gasteiger charge is -2.20. The normalized spacial score (nSPS) is 10.2. The van der Waals surface area contributed by atoms with Crippen molar-refractivity contribution in [1.82, 2.24) is 4.90 Å². The second kappa shape index (κ2) is 7.56. The van der Waals surface area contributed by atoms with Gasteiger partial charge in [0.2, 0.25) is 5.91 Å². The summed E-state index contributed by atoms with van der Waals surface area (Å²) in [6, 6.07) is 6.56. The second-order valence-corrected chi connectivity index (χ2v) is 4.51. The highest BCUT2D eigenvalue weighted by Gasteiger charge is 2.12. The van der Waals surface area contributed by atoms with E-state index in [0.717, 1.165) is 24.9 Å². The molecule has 1 aromatic rings. The minimum absolute atomic E-state index is 0.0542. The SMILES string of the molecule is CCCCN(CC)C(=O)Cc1cccc(C(=O)O)c1. The Labute approximate surface area is 114 Å². The van der Waals surface area contributed by atoms with E-state index in [0.29, 0.717) is 6.54 Å². The molecule has 0 radical (unpaired) electrons. The fourth-order valence-corrected chi connectivity index (χ4v) is 1.91. The van der Waals surface area contributed by atoms with E-state index >= 15 is 0 Å². The van der Waals surface area contributed by atoms with E-state index < -0.39 is 5.97 Å². The molecule has 0 aliphatic rings. The third-order valence-electron chi connectivity index (χ3n) is 3.05. The predicted molar refractivity (Wildman–Crippen MR) is 74.3 cm³/mol. The first kappa shape index (κ1) is 15.2. The Morgan fingerprint density at radius 1 is 1.26 bits per heavy atom. The van der Waals surface area contributed by atoms with E-state index in [1.807, 2.05) is 11.8 Å². The second-order valence-electron chi connectivity index (χ2n) is 4.51. The lowest BCUT2D eigenvalue weighted by Crippen LogP contribution is -2.33. The van der Waals surface area contributed by atoms with Crippen LogP contribution >= 0.6 is 0 Å². The Morgan fingerprint density at radius 3 is 2.58 bits per heavy atom. The van der Waals surface area contributed by atoms with Gasteiger partial charge in [0.05, 0.1) is 12.0 Å². The monoisotopic (exact) mass is 263 g/mol. The number of hydrogen-bond acceptors (Lipinski definition) is 2. The molecule has 0 spiro atoms. The van der Waals surface area contributed by atoms with Crippen LogP contribution in [0.5, 0.6) is 0 Å². The van der Waals surface area contributed by atoms with Crippen LogP contribution in [0.4, 0.5) is 0 Å². The molecule has 0 bridgehead atoms. The fraction of sp³-hybridized carbons (Fsp3) is 0.467. The number of benzene rings is 1. The number of hydrogen-bond donors (Lipinski definition) is 1. The number of unbranched alkanes of at least 4 members (excludes halogenated alkanes) is 1. The largest absolute Gasteiger partial charge is 0.478 e. The van der Waals surface area contributed by atoms with Crippen LogP contribution in [0.2, 0.25) is 0 Å². The first-order chi connectivity index (χ1) is 9.08. The van der Waals surface area contributed by atoms with Gasteiger partial charge in [-0.25, -0.2) is 4.79 Å². The molecule has 0 saturated heterocycles. The number of likely N-dealkylation sites (N-methyl/N-ethyl adjacent to an activating group) is 1. The number of nitrogens with zero attached hydrogens (tertiary/aromatic N) is 1. The Hall–Kier alpha value is -1.84. The number of carbonyl (C=O) groups excluding carboxylic acids is 1. The smallest absolute Gasteiger partial charge is 0.335 e. The summed E-state index contributed by atoms with van der Waals surface area (Å²) in [6.45, 7) is 5.51. The van der Waals surface area contributed by atoms with Gasteiger partial charge in [0, 0.05) is 13.1 Å². The number of carboxylic acids is 1. The molecule has 1 N–H and O–H groups in total. The molecule has 1 aromatic carbocycles. The highest BCUT2D eigenvalue weighted by atomic mass is 16.4. The Kier molecular flexibility index (Phi) is 6.06. The van der Waals surface area contributed by atoms with Crippen LogP contribution in [0, 0.1) is 0 Å². The van der Waals surface area contributed by atoms with Crippen LogP contribution in [-0.4, -0.2) is 35.0 Å². The summed E-state index contributed by atoms with van der Waals surface area (Å²) in [4.78, 5) is 24.8. The zero-order valence-electron chi connectivity index (χ0n) is 11.6. The van der Waals surface area contributed by atoms with Crippen molar-refractivity contribution in [2.45, 2.75) is 33.1 Å². The molecule has 0 atom stereocenters. The van der Waals surface area contributed by atoms with Gasteiger partial charge in [0.1, 0.15) is 0 Å². The number of aromatic carboxylic acids is 1. The molecule has 0 aliphatic carbocycles. The number of rotatable bonds is 7. The van der Waals surface area contributed by atoms with E-state index in [4.69, 9.17) is 5.11 Å². The fourth-order valence-electron chi connectivity index (χ4n) is 1.91. The highest BCUT2D eigenvalue weighted by molar-refractivity contribution is 5.88. The van der Waals surface area contributed by atoms with Gasteiger partial charge in [-0.1, -0.05) is 25.5 Å². The molecule has 0 aliphatic heterocycles. The van der Waals surface area contributed by atoms with Gasteiger partial charge < -0.3 is 10.0 Å². The third-order valence-corrected chi connectivity index (χ3v) is 3.05. The lowest BCUT2D eigenvalue weighted by molar-refractivity contribution is -0.130. The van der Waals surface area contributed by atoms with Crippen LogP contribution in [0.3, 0.4) is 0 Å². The van der Waals surface area contributed by atoms with Crippen LogP contribution in [0.25, 0.3) is 0 Å². The van der Waals surface area contributed by atoms with Crippen LogP contribution in [0.1, 0.15) is 42.6 Å². The molecule has 0 aromatic heterocycles. The Balaban J connectivity index is 2.69. The van der Waals surface area contributed by atoms with Gasteiger partial charge in [-0.05, 0) is 31.0 Å². The molecule has 4 heteroatoms. The van der Waals surface area contributed by atoms with Crippen molar-refractivity contribution in [3.63, 3.8) is 0 Å². The molecule has 0 heterocycles. The third kappa shape index (κ3) is 4.73. The molecule has 104 valence electrons. The zero-order valence-corrected chi connectivity index (χ0v) is 11.6. The number of carbonyl (C=O) groups is 2. The summed E-state index contributed by atoms with van der Waals surface area (Å²) >= 11 is 0. The van der Waals surface area contributed by atoms with Gasteiger partial charge in [0.25, 0.3) is 0 Å². The van der Waals surface area contributed by atoms with Gasteiger partial charge >= 0.3 is 5.97 Å². The summed E-state index contributed by atoms with van der Waals surface area (Å²) in [6.07, 6.45) is 2.31. The minimum atomic E-state index is -0.965. The van der Waals surface area contributed by atoms with Crippen LogP contribution in [-0.2, 0) is 11.2 Å². The first-order valence-corrected chi connectivity index (χ1v) is 6.68. The van der Waals surface area contributed by atoms with Crippen molar-refractivity contribution in [2.75, 3.05) is 13.1 Å². The maximum Gasteiger partial charge on any atom is 0.335 e. The van der Waals surface area contributed by atoms with Crippen LogP contribution < -0.4 is 0 Å². The zero-order chi connectivity index (χ0) is 14.3. The average molecular weight is 263 g/mol. The van der Waals surface area contributed by atoms with Crippen molar-refractivity contribution in [1.29, 1.82) is 0 Å². The quantitative estimate of drug-likeness (QED) is 0.822. The van der Waals surface area contributed by atoms with E-state index in [-0.39, 0.29) is 17.9 Å². The minimum Gasteiger partial charge on any atom is -0.478 e. The predicted octanol–water partition coefficient (Wildman–Crippen LogP) is 2.58. The first-order valence-electron chi connectivity index (χ1n) is 6.68. The maximum absolute atomic E-state index is 12.1.